The van der Waals surface area contributed by atoms with Gasteiger partial charge in [-0.15, -0.1) is 0 Å². The van der Waals surface area contributed by atoms with Crippen molar-refractivity contribution in [1.29, 1.82) is 0 Å². The van der Waals surface area contributed by atoms with Crippen molar-refractivity contribution in [3.63, 3.8) is 0 Å². The van der Waals surface area contributed by atoms with Crippen LogP contribution in [0.1, 0.15) is 37.4 Å². The van der Waals surface area contributed by atoms with Gasteiger partial charge in [0.1, 0.15) is 5.75 Å². The molecule has 0 aromatic heterocycles. The van der Waals surface area contributed by atoms with E-state index in [2.05, 4.69) is 0 Å². The largest absolute Gasteiger partial charge is 0.493 e. The summed E-state index contributed by atoms with van der Waals surface area (Å²) in [4.78, 5) is 0. The molecule has 90 valence electrons. The molecule has 3 N–H and O–H groups in total. The van der Waals surface area contributed by atoms with E-state index in [0.717, 1.165) is 11.3 Å². The van der Waals surface area contributed by atoms with Gasteiger partial charge in [-0.3, -0.25) is 0 Å². The molecule has 1 aromatic rings. The Morgan fingerprint density at radius 2 is 2.06 bits per heavy atom. The molecule has 0 aliphatic carbocycles. The van der Waals surface area contributed by atoms with Crippen molar-refractivity contribution >= 4 is 0 Å². The summed E-state index contributed by atoms with van der Waals surface area (Å²) in [7, 11) is 0. The van der Waals surface area contributed by atoms with Gasteiger partial charge in [0.15, 0.2) is 0 Å². The first-order valence-corrected chi connectivity index (χ1v) is 5.67. The molecule has 0 heterocycles. The highest BCUT2D eigenvalue weighted by atomic mass is 16.5. The summed E-state index contributed by atoms with van der Waals surface area (Å²) < 4.78 is 5.62. The van der Waals surface area contributed by atoms with Crippen LogP contribution in [0.2, 0.25) is 0 Å². The van der Waals surface area contributed by atoms with Gasteiger partial charge >= 0.3 is 0 Å². The molecular formula is C13H21NO2. The van der Waals surface area contributed by atoms with Crippen molar-refractivity contribution in [2.45, 2.75) is 39.3 Å². The van der Waals surface area contributed by atoms with Crippen LogP contribution < -0.4 is 10.5 Å². The number of nitrogens with two attached hydrogens (primary N) is 1. The number of ether oxygens (including phenoxy) is 1. The quantitative estimate of drug-likeness (QED) is 0.804. The Hall–Kier alpha value is -1.06. The second kappa shape index (κ2) is 5.87. The van der Waals surface area contributed by atoms with E-state index in [-0.39, 0.29) is 12.1 Å². The second-order valence-corrected chi connectivity index (χ2v) is 4.32. The van der Waals surface area contributed by atoms with Crippen LogP contribution in [0.25, 0.3) is 0 Å². The van der Waals surface area contributed by atoms with Crippen LogP contribution in [-0.2, 0) is 0 Å². The molecule has 0 bridgehead atoms. The number of hydrogen-bond acceptors (Lipinski definition) is 3. The van der Waals surface area contributed by atoms with Gasteiger partial charge in [-0.25, -0.2) is 0 Å². The molecule has 0 aliphatic rings. The third-order valence-corrected chi connectivity index (χ3v) is 2.45. The number of rotatable bonds is 5. The van der Waals surface area contributed by atoms with Crippen molar-refractivity contribution in [3.05, 3.63) is 29.3 Å². The van der Waals surface area contributed by atoms with Gasteiger partial charge in [0.25, 0.3) is 0 Å². The fourth-order valence-corrected chi connectivity index (χ4v) is 1.49. The minimum Gasteiger partial charge on any atom is -0.493 e. The third kappa shape index (κ3) is 3.83. The van der Waals surface area contributed by atoms with Gasteiger partial charge in [0, 0.05) is 18.0 Å². The Kier molecular flexibility index (Phi) is 4.77. The molecule has 3 nitrogen and oxygen atoms in total. The predicted octanol–water partition coefficient (Wildman–Crippen LogP) is 2.16. The van der Waals surface area contributed by atoms with Crippen LogP contribution in [0.15, 0.2) is 18.2 Å². The highest BCUT2D eigenvalue weighted by Gasteiger charge is 2.08. The van der Waals surface area contributed by atoms with Crippen molar-refractivity contribution in [2.75, 3.05) is 6.61 Å². The molecule has 0 saturated carbocycles. The van der Waals surface area contributed by atoms with Gasteiger partial charge < -0.3 is 15.6 Å². The first-order chi connectivity index (χ1) is 7.50. The SMILES string of the molecule is Cc1ccc(OCCC(C)O)c([C@H](C)N)c1. The van der Waals surface area contributed by atoms with Gasteiger partial charge in [0.05, 0.1) is 12.7 Å². The van der Waals surface area contributed by atoms with Crippen LogP contribution in [-0.4, -0.2) is 17.8 Å². The lowest BCUT2D eigenvalue weighted by Crippen LogP contribution is -2.11. The molecule has 2 atom stereocenters. The molecule has 1 rings (SSSR count). The van der Waals surface area contributed by atoms with E-state index in [1.807, 2.05) is 32.0 Å². The standard InChI is InChI=1S/C13H21NO2/c1-9-4-5-13(12(8-9)11(3)14)16-7-6-10(2)15/h4-5,8,10-11,15H,6-7,14H2,1-3H3/t10?,11-/m0/s1. The number of aryl methyl sites for hydroxylation is 1. The van der Waals surface area contributed by atoms with Crippen LogP contribution in [0.4, 0.5) is 0 Å². The Bertz CT molecular complexity index is 335. The molecule has 0 amide bonds. The molecule has 1 unspecified atom stereocenters. The maximum absolute atomic E-state index is 9.15. The van der Waals surface area contributed by atoms with Crippen LogP contribution in [0.5, 0.6) is 5.75 Å². The highest BCUT2D eigenvalue weighted by molar-refractivity contribution is 5.38. The number of aliphatic hydroxyl groups is 1. The minimum absolute atomic E-state index is 0.0403. The first-order valence-electron chi connectivity index (χ1n) is 5.67. The highest BCUT2D eigenvalue weighted by Crippen LogP contribution is 2.25. The van der Waals surface area contributed by atoms with Crippen LogP contribution >= 0.6 is 0 Å². The molecule has 0 radical (unpaired) electrons. The fourth-order valence-electron chi connectivity index (χ4n) is 1.49. The van der Waals surface area contributed by atoms with E-state index in [4.69, 9.17) is 15.6 Å². The lowest BCUT2D eigenvalue weighted by Gasteiger charge is -2.15. The summed E-state index contributed by atoms with van der Waals surface area (Å²) in [6.45, 7) is 6.24. The summed E-state index contributed by atoms with van der Waals surface area (Å²) in [5.41, 5.74) is 8.08. The van der Waals surface area contributed by atoms with E-state index in [1.54, 1.807) is 6.92 Å². The van der Waals surface area contributed by atoms with Gasteiger partial charge in [-0.2, -0.15) is 0 Å². The molecule has 3 heteroatoms. The maximum atomic E-state index is 9.15. The van der Waals surface area contributed by atoms with Crippen molar-refractivity contribution in [3.8, 4) is 5.75 Å². The van der Waals surface area contributed by atoms with Crippen molar-refractivity contribution < 1.29 is 9.84 Å². The Morgan fingerprint density at radius 3 is 2.62 bits per heavy atom. The Labute approximate surface area is 97.2 Å². The topological polar surface area (TPSA) is 55.5 Å². The summed E-state index contributed by atoms with van der Waals surface area (Å²) in [6.07, 6.45) is 0.302. The molecular weight excluding hydrogens is 202 g/mol. The summed E-state index contributed by atoms with van der Waals surface area (Å²) in [5.74, 6) is 0.821. The van der Waals surface area contributed by atoms with Crippen molar-refractivity contribution in [2.24, 2.45) is 5.73 Å². The molecule has 1 aromatic carbocycles. The van der Waals surface area contributed by atoms with E-state index in [0.29, 0.717) is 13.0 Å². The average Bonchev–Trinajstić information content (AvgIpc) is 2.19. The fraction of sp³-hybridized carbons (Fsp3) is 0.538. The van der Waals surface area contributed by atoms with Crippen LogP contribution in [0, 0.1) is 6.92 Å². The molecule has 16 heavy (non-hydrogen) atoms. The zero-order valence-electron chi connectivity index (χ0n) is 10.2. The normalized spacial score (nSPS) is 14.6. The minimum atomic E-state index is -0.329. The number of aliphatic hydroxyl groups excluding tert-OH is 1. The summed E-state index contributed by atoms with van der Waals surface area (Å²) in [6, 6.07) is 5.95. The van der Waals surface area contributed by atoms with Gasteiger partial charge in [-0.1, -0.05) is 17.7 Å². The van der Waals surface area contributed by atoms with E-state index in [9.17, 15) is 0 Å². The summed E-state index contributed by atoms with van der Waals surface area (Å²) >= 11 is 0. The number of benzene rings is 1. The Balaban J connectivity index is 2.71. The monoisotopic (exact) mass is 223 g/mol. The van der Waals surface area contributed by atoms with Crippen molar-refractivity contribution in [1.82, 2.24) is 0 Å². The lowest BCUT2D eigenvalue weighted by molar-refractivity contribution is 0.155. The van der Waals surface area contributed by atoms with E-state index < -0.39 is 0 Å². The average molecular weight is 223 g/mol. The van der Waals surface area contributed by atoms with E-state index >= 15 is 0 Å². The summed E-state index contributed by atoms with van der Waals surface area (Å²) in [5, 5.41) is 9.15. The molecule has 0 spiro atoms. The smallest absolute Gasteiger partial charge is 0.124 e. The zero-order valence-corrected chi connectivity index (χ0v) is 10.2. The van der Waals surface area contributed by atoms with Gasteiger partial charge in [0.2, 0.25) is 0 Å². The first kappa shape index (κ1) is 13.0. The van der Waals surface area contributed by atoms with Gasteiger partial charge in [-0.05, 0) is 26.8 Å². The Morgan fingerprint density at radius 1 is 1.38 bits per heavy atom. The third-order valence-electron chi connectivity index (χ3n) is 2.45. The van der Waals surface area contributed by atoms with E-state index in [1.165, 1.54) is 5.56 Å². The second-order valence-electron chi connectivity index (χ2n) is 4.32. The zero-order chi connectivity index (χ0) is 12.1. The number of hydrogen-bond donors (Lipinski definition) is 2. The van der Waals surface area contributed by atoms with Crippen LogP contribution in [0.3, 0.4) is 0 Å². The molecule has 0 aliphatic heterocycles. The lowest BCUT2D eigenvalue weighted by atomic mass is 10.1. The molecule has 0 fully saturated rings. The predicted molar refractivity (Wildman–Crippen MR) is 65.6 cm³/mol. The maximum Gasteiger partial charge on any atom is 0.124 e. The molecule has 0 saturated heterocycles.